The normalized spacial score (nSPS) is 16.3. The van der Waals surface area contributed by atoms with Gasteiger partial charge in [-0.3, -0.25) is 9.59 Å². The van der Waals surface area contributed by atoms with Gasteiger partial charge in [-0.05, 0) is 40.8 Å². The summed E-state index contributed by atoms with van der Waals surface area (Å²) >= 11 is 1.98. The molecule has 0 unspecified atom stereocenters. The third kappa shape index (κ3) is 2.01. The molecule has 0 aromatic heterocycles. The summed E-state index contributed by atoms with van der Waals surface area (Å²) in [6.07, 6.45) is -0.120. The molecule has 15 heavy (non-hydrogen) atoms. The standard InChI is InChI=1S/C10H7FINO2/c11-8-3-6(12)1-2-9(8)13-5-7(14)4-10(13)15/h1-3H,4-5H2. The maximum Gasteiger partial charge on any atom is 0.235 e. The maximum atomic E-state index is 13.5. The summed E-state index contributed by atoms with van der Waals surface area (Å²) in [5.74, 6) is -0.969. The van der Waals surface area contributed by atoms with Crippen molar-refractivity contribution in [3.8, 4) is 0 Å². The van der Waals surface area contributed by atoms with Crippen LogP contribution in [0.3, 0.4) is 0 Å². The van der Waals surface area contributed by atoms with E-state index in [2.05, 4.69) is 0 Å². The number of anilines is 1. The van der Waals surface area contributed by atoms with Crippen LogP contribution in [0.25, 0.3) is 0 Å². The van der Waals surface area contributed by atoms with Gasteiger partial charge < -0.3 is 4.90 Å². The van der Waals surface area contributed by atoms with Crippen LogP contribution >= 0.6 is 22.6 Å². The van der Waals surface area contributed by atoms with E-state index < -0.39 is 5.82 Å². The molecule has 0 atom stereocenters. The van der Waals surface area contributed by atoms with Gasteiger partial charge in [0.15, 0.2) is 5.78 Å². The van der Waals surface area contributed by atoms with Crippen molar-refractivity contribution in [3.05, 3.63) is 27.6 Å². The fourth-order valence-electron chi connectivity index (χ4n) is 1.50. The van der Waals surface area contributed by atoms with Crippen molar-refractivity contribution >= 4 is 40.0 Å². The number of carbonyl (C=O) groups excluding carboxylic acids is 2. The summed E-state index contributed by atoms with van der Waals surface area (Å²) in [6.45, 7) is -0.0175. The second kappa shape index (κ2) is 3.88. The SMILES string of the molecule is O=C1CC(=O)N(c2ccc(I)cc2F)C1. The first-order valence-electron chi connectivity index (χ1n) is 4.35. The van der Waals surface area contributed by atoms with E-state index >= 15 is 0 Å². The zero-order valence-electron chi connectivity index (χ0n) is 7.67. The molecule has 2 rings (SSSR count). The molecular weight excluding hydrogens is 312 g/mol. The van der Waals surface area contributed by atoms with E-state index in [4.69, 9.17) is 0 Å². The van der Waals surface area contributed by atoms with Gasteiger partial charge in [0.25, 0.3) is 0 Å². The number of carbonyl (C=O) groups is 2. The molecule has 1 aromatic rings. The Labute approximate surface area is 99.4 Å². The van der Waals surface area contributed by atoms with E-state index in [1.807, 2.05) is 22.6 Å². The van der Waals surface area contributed by atoms with Crippen LogP contribution in [0.2, 0.25) is 0 Å². The number of hydrogen-bond acceptors (Lipinski definition) is 2. The van der Waals surface area contributed by atoms with Gasteiger partial charge in [0, 0.05) is 3.57 Å². The Balaban J connectivity index is 2.38. The van der Waals surface area contributed by atoms with E-state index in [-0.39, 0.29) is 30.3 Å². The topological polar surface area (TPSA) is 37.4 Å². The van der Waals surface area contributed by atoms with Crippen LogP contribution in [-0.4, -0.2) is 18.2 Å². The lowest BCUT2D eigenvalue weighted by Crippen LogP contribution is -2.25. The number of ketones is 1. The number of rotatable bonds is 1. The Kier molecular flexibility index (Phi) is 2.72. The molecule has 0 spiro atoms. The molecule has 3 nitrogen and oxygen atoms in total. The quantitative estimate of drug-likeness (QED) is 0.584. The molecule has 1 amide bonds. The van der Waals surface area contributed by atoms with Gasteiger partial charge in [0.1, 0.15) is 5.82 Å². The van der Waals surface area contributed by atoms with Crippen molar-refractivity contribution in [1.29, 1.82) is 0 Å². The van der Waals surface area contributed by atoms with Crippen molar-refractivity contribution in [2.75, 3.05) is 11.4 Å². The van der Waals surface area contributed by atoms with Crippen LogP contribution in [0.15, 0.2) is 18.2 Å². The van der Waals surface area contributed by atoms with Gasteiger partial charge >= 0.3 is 0 Å². The molecule has 0 saturated carbocycles. The molecule has 0 radical (unpaired) electrons. The minimum Gasteiger partial charge on any atom is -0.302 e. The van der Waals surface area contributed by atoms with Gasteiger partial charge in [-0.1, -0.05) is 0 Å². The Morgan fingerprint density at radius 3 is 2.60 bits per heavy atom. The van der Waals surface area contributed by atoms with Gasteiger partial charge in [-0.15, -0.1) is 0 Å². The van der Waals surface area contributed by atoms with E-state index in [0.29, 0.717) is 0 Å². The number of hydrogen-bond donors (Lipinski definition) is 0. The van der Waals surface area contributed by atoms with Crippen LogP contribution in [0.4, 0.5) is 10.1 Å². The Morgan fingerprint density at radius 2 is 2.07 bits per heavy atom. The van der Waals surface area contributed by atoms with Gasteiger partial charge in [-0.2, -0.15) is 0 Å². The van der Waals surface area contributed by atoms with Crippen LogP contribution < -0.4 is 4.90 Å². The average Bonchev–Trinajstić information content (AvgIpc) is 2.45. The Morgan fingerprint density at radius 1 is 1.33 bits per heavy atom. The summed E-state index contributed by atoms with van der Waals surface area (Å²) in [7, 11) is 0. The highest BCUT2D eigenvalue weighted by Crippen LogP contribution is 2.24. The summed E-state index contributed by atoms with van der Waals surface area (Å²) in [5.41, 5.74) is 0.186. The number of amides is 1. The molecule has 5 heteroatoms. The minimum atomic E-state index is -0.468. The minimum absolute atomic E-state index is 0.0175. The molecule has 1 aliphatic heterocycles. The third-order valence-electron chi connectivity index (χ3n) is 2.18. The van der Waals surface area contributed by atoms with Crippen molar-refractivity contribution < 1.29 is 14.0 Å². The van der Waals surface area contributed by atoms with Gasteiger partial charge in [0.2, 0.25) is 5.91 Å². The predicted octanol–water partition coefficient (Wildman–Crippen LogP) is 1.74. The first-order chi connectivity index (χ1) is 7.08. The fourth-order valence-corrected chi connectivity index (χ4v) is 1.96. The molecule has 0 N–H and O–H groups in total. The number of benzene rings is 1. The highest BCUT2D eigenvalue weighted by Gasteiger charge is 2.30. The summed E-state index contributed by atoms with van der Waals surface area (Å²) in [5, 5.41) is 0. The molecule has 1 heterocycles. The number of nitrogens with zero attached hydrogens (tertiary/aromatic N) is 1. The highest BCUT2D eigenvalue weighted by atomic mass is 127. The summed E-state index contributed by atoms with van der Waals surface area (Å²) < 4.78 is 14.2. The van der Waals surface area contributed by atoms with Crippen molar-refractivity contribution in [2.24, 2.45) is 0 Å². The fraction of sp³-hybridized carbons (Fsp3) is 0.200. The molecule has 1 saturated heterocycles. The number of Topliss-reactive ketones (excluding diaryl/α,β-unsaturated/α-hetero) is 1. The van der Waals surface area contributed by atoms with E-state index in [9.17, 15) is 14.0 Å². The van der Waals surface area contributed by atoms with Crippen molar-refractivity contribution in [1.82, 2.24) is 0 Å². The first kappa shape index (κ1) is 10.5. The third-order valence-corrected chi connectivity index (χ3v) is 2.86. The maximum absolute atomic E-state index is 13.5. The van der Waals surface area contributed by atoms with Crippen LogP contribution in [0.1, 0.15) is 6.42 Å². The summed E-state index contributed by atoms with van der Waals surface area (Å²) in [4.78, 5) is 23.6. The molecule has 0 bridgehead atoms. The average molecular weight is 319 g/mol. The van der Waals surface area contributed by atoms with Gasteiger partial charge in [0.05, 0.1) is 18.7 Å². The monoisotopic (exact) mass is 319 g/mol. The first-order valence-corrected chi connectivity index (χ1v) is 5.43. The molecule has 78 valence electrons. The van der Waals surface area contributed by atoms with E-state index in [1.165, 1.54) is 17.0 Å². The molecule has 1 aromatic carbocycles. The van der Waals surface area contributed by atoms with Crippen molar-refractivity contribution in [2.45, 2.75) is 6.42 Å². The lowest BCUT2D eigenvalue weighted by Gasteiger charge is -2.15. The zero-order chi connectivity index (χ0) is 11.0. The van der Waals surface area contributed by atoms with Crippen molar-refractivity contribution in [3.63, 3.8) is 0 Å². The molecule has 1 fully saturated rings. The lowest BCUT2D eigenvalue weighted by molar-refractivity contribution is -0.121. The smallest absolute Gasteiger partial charge is 0.235 e. The van der Waals surface area contributed by atoms with E-state index in [1.54, 1.807) is 6.07 Å². The second-order valence-electron chi connectivity index (χ2n) is 3.29. The molecular formula is C10H7FINO2. The predicted molar refractivity (Wildman–Crippen MR) is 61.1 cm³/mol. The van der Waals surface area contributed by atoms with Crippen LogP contribution in [0.5, 0.6) is 0 Å². The highest BCUT2D eigenvalue weighted by molar-refractivity contribution is 14.1. The van der Waals surface area contributed by atoms with E-state index in [0.717, 1.165) is 3.57 Å². The number of halogens is 2. The second-order valence-corrected chi connectivity index (χ2v) is 4.54. The Hall–Kier alpha value is -0.980. The lowest BCUT2D eigenvalue weighted by atomic mass is 10.3. The van der Waals surface area contributed by atoms with Crippen LogP contribution in [0, 0.1) is 9.39 Å². The zero-order valence-corrected chi connectivity index (χ0v) is 9.82. The largest absolute Gasteiger partial charge is 0.302 e. The summed E-state index contributed by atoms with van der Waals surface area (Å²) in [6, 6.07) is 4.56. The Bertz CT molecular complexity index is 447. The van der Waals surface area contributed by atoms with Crippen LogP contribution in [-0.2, 0) is 9.59 Å². The van der Waals surface area contributed by atoms with Gasteiger partial charge in [-0.25, -0.2) is 4.39 Å². The molecule has 0 aliphatic carbocycles. The molecule has 1 aliphatic rings.